The van der Waals surface area contributed by atoms with Gasteiger partial charge in [-0.15, -0.1) is 0 Å². The van der Waals surface area contributed by atoms with Gasteiger partial charge in [-0.3, -0.25) is 4.79 Å². The maximum Gasteiger partial charge on any atom is 0.326 e. The van der Waals surface area contributed by atoms with Gasteiger partial charge >= 0.3 is 5.97 Å². The molecule has 1 aromatic carbocycles. The van der Waals surface area contributed by atoms with Crippen molar-refractivity contribution in [3.63, 3.8) is 0 Å². The number of aryl methyl sites for hydroxylation is 2. The smallest absolute Gasteiger partial charge is 0.326 e. The number of carboxylic acids is 1. The van der Waals surface area contributed by atoms with Gasteiger partial charge in [0, 0.05) is 19.4 Å². The Bertz CT molecular complexity index is 445. The molecule has 0 saturated carbocycles. The second kappa shape index (κ2) is 7.53. The van der Waals surface area contributed by atoms with Crippen molar-refractivity contribution < 1.29 is 19.8 Å². The molecule has 0 aliphatic carbocycles. The number of carboxylic acid groups (broad SMARTS) is 1. The molecule has 0 aliphatic heterocycles. The second-order valence-electron chi connectivity index (χ2n) is 4.40. The summed E-state index contributed by atoms with van der Waals surface area (Å²) in [5.41, 5.74) is 2.19. The Labute approximate surface area is 112 Å². The molecule has 0 heterocycles. The van der Waals surface area contributed by atoms with Crippen LogP contribution in [0.2, 0.25) is 0 Å². The molecule has 1 unspecified atom stereocenters. The lowest BCUT2D eigenvalue weighted by Gasteiger charge is -2.13. The van der Waals surface area contributed by atoms with E-state index in [4.69, 9.17) is 10.2 Å². The molecule has 1 rings (SSSR count). The predicted octanol–water partition coefficient (Wildman–Crippen LogP) is 0.879. The number of hydrogen-bond acceptors (Lipinski definition) is 3. The molecule has 1 aromatic rings. The summed E-state index contributed by atoms with van der Waals surface area (Å²) in [5, 5.41) is 20.0. The first-order chi connectivity index (χ1) is 9.04. The topological polar surface area (TPSA) is 86.6 Å². The summed E-state index contributed by atoms with van der Waals surface area (Å²) in [7, 11) is 0. The molecule has 5 nitrogen and oxygen atoms in total. The van der Waals surface area contributed by atoms with Crippen molar-refractivity contribution in [2.24, 2.45) is 0 Å². The molecule has 0 radical (unpaired) electrons. The first-order valence-electron chi connectivity index (χ1n) is 6.22. The number of carbonyl (C=O) groups is 2. The summed E-state index contributed by atoms with van der Waals surface area (Å²) in [6.07, 6.45) is 0.829. The fourth-order valence-electron chi connectivity index (χ4n) is 1.79. The maximum atomic E-state index is 11.7. The Morgan fingerprint density at radius 1 is 1.32 bits per heavy atom. The standard InChI is InChI=1S/C14H19NO4/c1-10-4-2-3-5-11(10)6-7-13(17)15-12(8-9-16)14(18)19/h2-5,12,16H,6-9H2,1H3,(H,15,17)(H,18,19). The van der Waals surface area contributed by atoms with Gasteiger partial charge in [0.1, 0.15) is 6.04 Å². The summed E-state index contributed by atoms with van der Waals surface area (Å²) in [6.45, 7) is 1.70. The Balaban J connectivity index is 2.47. The zero-order valence-corrected chi connectivity index (χ0v) is 10.9. The zero-order chi connectivity index (χ0) is 14.3. The first kappa shape index (κ1) is 15.2. The van der Waals surface area contributed by atoms with Gasteiger partial charge in [0.15, 0.2) is 0 Å². The average molecular weight is 265 g/mol. The van der Waals surface area contributed by atoms with Crippen LogP contribution in [0, 0.1) is 6.92 Å². The highest BCUT2D eigenvalue weighted by molar-refractivity contribution is 5.83. The van der Waals surface area contributed by atoms with E-state index in [-0.39, 0.29) is 25.4 Å². The SMILES string of the molecule is Cc1ccccc1CCC(=O)NC(CCO)C(=O)O. The normalized spacial score (nSPS) is 11.9. The Morgan fingerprint density at radius 2 is 2.00 bits per heavy atom. The van der Waals surface area contributed by atoms with Crippen LogP contribution in [0.4, 0.5) is 0 Å². The number of rotatable bonds is 7. The van der Waals surface area contributed by atoms with E-state index in [1.54, 1.807) is 0 Å². The van der Waals surface area contributed by atoms with Gasteiger partial charge in [-0.05, 0) is 24.5 Å². The van der Waals surface area contributed by atoms with Crippen LogP contribution >= 0.6 is 0 Å². The third kappa shape index (κ3) is 5.09. The monoisotopic (exact) mass is 265 g/mol. The number of aliphatic carboxylic acids is 1. The minimum atomic E-state index is -1.13. The lowest BCUT2D eigenvalue weighted by Crippen LogP contribution is -2.41. The van der Waals surface area contributed by atoms with E-state index < -0.39 is 12.0 Å². The Hall–Kier alpha value is -1.88. The van der Waals surface area contributed by atoms with Gasteiger partial charge in [-0.1, -0.05) is 24.3 Å². The van der Waals surface area contributed by atoms with Crippen LogP contribution in [-0.2, 0) is 16.0 Å². The quantitative estimate of drug-likeness (QED) is 0.683. The van der Waals surface area contributed by atoms with Crippen molar-refractivity contribution in [1.29, 1.82) is 0 Å². The molecular formula is C14H19NO4. The van der Waals surface area contributed by atoms with Gasteiger partial charge < -0.3 is 15.5 Å². The Morgan fingerprint density at radius 3 is 2.58 bits per heavy atom. The molecule has 0 bridgehead atoms. The van der Waals surface area contributed by atoms with E-state index in [1.165, 1.54) is 0 Å². The lowest BCUT2D eigenvalue weighted by atomic mass is 10.0. The molecule has 0 saturated heterocycles. The summed E-state index contributed by atoms with van der Waals surface area (Å²) in [4.78, 5) is 22.5. The number of aliphatic hydroxyl groups excluding tert-OH is 1. The number of hydrogen-bond donors (Lipinski definition) is 3. The van der Waals surface area contributed by atoms with Crippen molar-refractivity contribution >= 4 is 11.9 Å². The van der Waals surface area contributed by atoms with E-state index in [0.29, 0.717) is 6.42 Å². The van der Waals surface area contributed by atoms with Gasteiger partial charge in [-0.25, -0.2) is 4.79 Å². The van der Waals surface area contributed by atoms with E-state index in [2.05, 4.69) is 5.32 Å². The highest BCUT2D eigenvalue weighted by Crippen LogP contribution is 2.09. The van der Waals surface area contributed by atoms with E-state index in [1.807, 2.05) is 31.2 Å². The molecular weight excluding hydrogens is 246 g/mol. The van der Waals surface area contributed by atoms with Crippen LogP contribution in [0.1, 0.15) is 24.0 Å². The van der Waals surface area contributed by atoms with Crippen LogP contribution in [0.15, 0.2) is 24.3 Å². The van der Waals surface area contributed by atoms with Gasteiger partial charge in [0.2, 0.25) is 5.91 Å². The molecule has 0 fully saturated rings. The van der Waals surface area contributed by atoms with Gasteiger partial charge in [0.05, 0.1) is 0 Å². The van der Waals surface area contributed by atoms with Crippen LogP contribution in [0.3, 0.4) is 0 Å². The first-order valence-corrected chi connectivity index (χ1v) is 6.22. The molecule has 0 aliphatic rings. The number of aliphatic hydroxyl groups is 1. The fourth-order valence-corrected chi connectivity index (χ4v) is 1.79. The molecule has 104 valence electrons. The van der Waals surface area contributed by atoms with E-state index in [9.17, 15) is 9.59 Å². The average Bonchev–Trinajstić information content (AvgIpc) is 2.37. The van der Waals surface area contributed by atoms with Crippen molar-refractivity contribution in [3.8, 4) is 0 Å². The van der Waals surface area contributed by atoms with Crippen molar-refractivity contribution in [3.05, 3.63) is 35.4 Å². The Kier molecular flexibility index (Phi) is 6.02. The highest BCUT2D eigenvalue weighted by Gasteiger charge is 2.18. The molecule has 5 heteroatoms. The fraction of sp³-hybridized carbons (Fsp3) is 0.429. The number of nitrogens with one attached hydrogen (secondary N) is 1. The van der Waals surface area contributed by atoms with Crippen LogP contribution in [0.5, 0.6) is 0 Å². The number of benzene rings is 1. The minimum Gasteiger partial charge on any atom is -0.480 e. The minimum absolute atomic E-state index is 0.0193. The molecule has 19 heavy (non-hydrogen) atoms. The summed E-state index contributed by atoms with van der Waals surface area (Å²) in [5.74, 6) is -1.44. The summed E-state index contributed by atoms with van der Waals surface area (Å²) >= 11 is 0. The molecule has 1 atom stereocenters. The van der Waals surface area contributed by atoms with Crippen molar-refractivity contribution in [1.82, 2.24) is 5.32 Å². The maximum absolute atomic E-state index is 11.7. The third-order valence-corrected chi connectivity index (χ3v) is 2.93. The summed E-state index contributed by atoms with van der Waals surface area (Å²) in [6, 6.07) is 6.74. The predicted molar refractivity (Wildman–Crippen MR) is 70.8 cm³/mol. The van der Waals surface area contributed by atoms with E-state index in [0.717, 1.165) is 11.1 Å². The molecule has 0 spiro atoms. The van der Waals surface area contributed by atoms with Crippen molar-refractivity contribution in [2.45, 2.75) is 32.2 Å². The van der Waals surface area contributed by atoms with Crippen LogP contribution in [-0.4, -0.2) is 34.7 Å². The molecule has 3 N–H and O–H groups in total. The molecule has 1 amide bonds. The second-order valence-corrected chi connectivity index (χ2v) is 4.40. The van der Waals surface area contributed by atoms with E-state index >= 15 is 0 Å². The number of carbonyl (C=O) groups excluding carboxylic acids is 1. The van der Waals surface area contributed by atoms with Gasteiger partial charge in [-0.2, -0.15) is 0 Å². The van der Waals surface area contributed by atoms with Crippen LogP contribution in [0.25, 0.3) is 0 Å². The van der Waals surface area contributed by atoms with Crippen LogP contribution < -0.4 is 5.32 Å². The largest absolute Gasteiger partial charge is 0.480 e. The van der Waals surface area contributed by atoms with Gasteiger partial charge in [0.25, 0.3) is 0 Å². The molecule has 0 aromatic heterocycles. The third-order valence-electron chi connectivity index (χ3n) is 2.93. The van der Waals surface area contributed by atoms with Crippen molar-refractivity contribution in [2.75, 3.05) is 6.61 Å². The highest BCUT2D eigenvalue weighted by atomic mass is 16.4. The summed E-state index contributed by atoms with van der Waals surface area (Å²) < 4.78 is 0. The lowest BCUT2D eigenvalue weighted by molar-refractivity contribution is -0.142. The number of amides is 1. The zero-order valence-electron chi connectivity index (χ0n) is 10.9.